The molecular weight excluding hydrogens is 376 g/mol. The minimum absolute atomic E-state index is 0.113. The molecule has 2 heterocycles. The number of carbonyl (C=O) groups is 2. The molecule has 0 saturated carbocycles. The van der Waals surface area contributed by atoms with Gasteiger partial charge in [-0.05, 0) is 18.1 Å². The normalized spacial score (nSPS) is 19.2. The topological polar surface area (TPSA) is 40.6 Å². The van der Waals surface area contributed by atoms with Gasteiger partial charge in [0, 0.05) is 12.1 Å². The predicted molar refractivity (Wildman–Crippen MR) is 113 cm³/mol. The van der Waals surface area contributed by atoms with Gasteiger partial charge in [0.2, 0.25) is 0 Å². The fourth-order valence-electron chi connectivity index (χ4n) is 3.40. The van der Waals surface area contributed by atoms with Crippen LogP contribution in [0.25, 0.3) is 5.57 Å². The fourth-order valence-corrected chi connectivity index (χ4v) is 4.72. The fraction of sp³-hybridized carbons (Fsp3) is 0.190. The largest absolute Gasteiger partial charge is 0.308 e. The lowest BCUT2D eigenvalue weighted by atomic mass is 10.1. The molecule has 2 aliphatic rings. The second kappa shape index (κ2) is 7.29. The third kappa shape index (κ3) is 3.09. The van der Waals surface area contributed by atoms with E-state index in [2.05, 4.69) is 0 Å². The van der Waals surface area contributed by atoms with Crippen LogP contribution >= 0.6 is 24.0 Å². The zero-order valence-corrected chi connectivity index (χ0v) is 16.5. The van der Waals surface area contributed by atoms with E-state index in [1.165, 1.54) is 11.8 Å². The Labute approximate surface area is 167 Å². The van der Waals surface area contributed by atoms with Crippen molar-refractivity contribution in [2.24, 2.45) is 0 Å². The lowest BCUT2D eigenvalue weighted by Gasteiger charge is -2.15. The number of thioether (sulfide) groups is 1. The molecule has 27 heavy (non-hydrogen) atoms. The van der Waals surface area contributed by atoms with Crippen molar-refractivity contribution in [1.29, 1.82) is 0 Å². The summed E-state index contributed by atoms with van der Waals surface area (Å²) in [6.45, 7) is 3.08. The Balaban J connectivity index is 1.74. The molecular formula is C21H18N2O2S2. The molecule has 0 bridgehead atoms. The van der Waals surface area contributed by atoms with E-state index in [0.717, 1.165) is 23.2 Å². The van der Waals surface area contributed by atoms with Crippen molar-refractivity contribution in [3.05, 3.63) is 70.6 Å². The molecule has 0 spiro atoms. The zero-order chi connectivity index (χ0) is 19.0. The maximum atomic E-state index is 13.1. The third-order valence-corrected chi connectivity index (χ3v) is 6.08. The first-order valence-electron chi connectivity index (χ1n) is 8.85. The van der Waals surface area contributed by atoms with Gasteiger partial charge < -0.3 is 4.90 Å². The molecule has 0 aliphatic carbocycles. The van der Waals surface area contributed by atoms with Crippen LogP contribution in [-0.4, -0.2) is 27.6 Å². The molecule has 2 aromatic carbocycles. The van der Waals surface area contributed by atoms with Gasteiger partial charge >= 0.3 is 0 Å². The summed E-state index contributed by atoms with van der Waals surface area (Å²) in [5.74, 6) is -0.302. The van der Waals surface area contributed by atoms with Crippen LogP contribution in [0.5, 0.6) is 0 Å². The molecule has 0 N–H and O–H groups in total. The van der Waals surface area contributed by atoms with Crippen molar-refractivity contribution >= 4 is 51.4 Å². The maximum Gasteiger partial charge on any atom is 0.267 e. The Morgan fingerprint density at radius 1 is 0.926 bits per heavy atom. The first-order valence-corrected chi connectivity index (χ1v) is 10.1. The third-order valence-electron chi connectivity index (χ3n) is 4.63. The van der Waals surface area contributed by atoms with Gasteiger partial charge in [0.05, 0.1) is 22.7 Å². The molecule has 4 nitrogen and oxygen atoms in total. The highest BCUT2D eigenvalue weighted by Gasteiger charge is 2.41. The minimum Gasteiger partial charge on any atom is -0.308 e. The highest BCUT2D eigenvalue weighted by Crippen LogP contribution is 2.44. The minimum atomic E-state index is -0.189. The summed E-state index contributed by atoms with van der Waals surface area (Å²) < 4.78 is 0.491. The summed E-state index contributed by atoms with van der Waals surface area (Å²) in [6, 6.07) is 17.4. The molecule has 6 heteroatoms. The maximum absolute atomic E-state index is 13.1. The zero-order valence-electron chi connectivity index (χ0n) is 14.8. The van der Waals surface area contributed by atoms with Crippen LogP contribution in [0.3, 0.4) is 0 Å². The van der Waals surface area contributed by atoms with Crippen molar-refractivity contribution in [2.45, 2.75) is 19.9 Å². The first-order chi connectivity index (χ1) is 13.1. The summed E-state index contributed by atoms with van der Waals surface area (Å²) in [5, 5.41) is 0. The summed E-state index contributed by atoms with van der Waals surface area (Å²) in [4.78, 5) is 30.0. The van der Waals surface area contributed by atoms with E-state index in [-0.39, 0.29) is 11.8 Å². The van der Waals surface area contributed by atoms with Crippen LogP contribution in [0.15, 0.2) is 59.5 Å². The van der Waals surface area contributed by atoms with Gasteiger partial charge in [-0.1, -0.05) is 79.4 Å². The van der Waals surface area contributed by atoms with Gasteiger partial charge in [0.15, 0.2) is 0 Å². The lowest BCUT2D eigenvalue weighted by Crippen LogP contribution is -2.29. The molecule has 136 valence electrons. The van der Waals surface area contributed by atoms with Crippen LogP contribution in [0.2, 0.25) is 0 Å². The van der Waals surface area contributed by atoms with Crippen LogP contribution in [0.4, 0.5) is 5.69 Å². The molecule has 4 rings (SSSR count). The summed E-state index contributed by atoms with van der Waals surface area (Å²) in [7, 11) is 0. The molecule has 0 radical (unpaired) electrons. The molecule has 2 aromatic rings. The molecule has 0 aromatic heterocycles. The number of para-hydroxylation sites is 1. The van der Waals surface area contributed by atoms with E-state index in [0.29, 0.717) is 27.9 Å². The molecule has 2 amide bonds. The Hall–Kier alpha value is -2.44. The smallest absolute Gasteiger partial charge is 0.267 e. The van der Waals surface area contributed by atoms with Crippen LogP contribution in [0, 0.1) is 0 Å². The van der Waals surface area contributed by atoms with Gasteiger partial charge in [-0.2, -0.15) is 0 Å². The number of anilines is 1. The number of benzene rings is 2. The van der Waals surface area contributed by atoms with E-state index in [1.807, 2.05) is 61.5 Å². The van der Waals surface area contributed by atoms with Crippen molar-refractivity contribution in [1.82, 2.24) is 4.90 Å². The number of amides is 2. The summed E-state index contributed by atoms with van der Waals surface area (Å²) in [6.07, 6.45) is 0.850. The predicted octanol–water partition coefficient (Wildman–Crippen LogP) is 4.21. The van der Waals surface area contributed by atoms with Crippen LogP contribution in [-0.2, 0) is 16.1 Å². The van der Waals surface area contributed by atoms with Crippen LogP contribution < -0.4 is 4.90 Å². The lowest BCUT2D eigenvalue weighted by molar-refractivity contribution is -0.122. The Morgan fingerprint density at radius 2 is 1.63 bits per heavy atom. The van der Waals surface area contributed by atoms with Gasteiger partial charge in [-0.15, -0.1) is 0 Å². The quantitative estimate of drug-likeness (QED) is 0.575. The average molecular weight is 395 g/mol. The number of carbonyl (C=O) groups excluding carboxylic acids is 2. The molecule has 1 fully saturated rings. The Bertz CT molecular complexity index is 969. The highest BCUT2D eigenvalue weighted by molar-refractivity contribution is 8.26. The van der Waals surface area contributed by atoms with E-state index in [9.17, 15) is 9.59 Å². The average Bonchev–Trinajstić information content (AvgIpc) is 3.11. The second-order valence-corrected chi connectivity index (χ2v) is 8.07. The summed E-state index contributed by atoms with van der Waals surface area (Å²) in [5.41, 5.74) is 3.17. The molecule has 0 atom stereocenters. The number of hydrogen-bond acceptors (Lipinski definition) is 4. The van der Waals surface area contributed by atoms with E-state index in [1.54, 1.807) is 9.80 Å². The summed E-state index contributed by atoms with van der Waals surface area (Å²) >= 11 is 6.68. The second-order valence-electron chi connectivity index (χ2n) is 6.42. The molecule has 1 saturated heterocycles. The first kappa shape index (κ1) is 17.9. The van der Waals surface area contributed by atoms with Crippen molar-refractivity contribution in [3.63, 3.8) is 0 Å². The van der Waals surface area contributed by atoms with E-state index < -0.39 is 0 Å². The van der Waals surface area contributed by atoms with Crippen molar-refractivity contribution < 1.29 is 9.59 Å². The Kier molecular flexibility index (Phi) is 4.85. The van der Waals surface area contributed by atoms with Gasteiger partial charge in [0.25, 0.3) is 11.8 Å². The van der Waals surface area contributed by atoms with Crippen molar-refractivity contribution in [3.8, 4) is 0 Å². The highest BCUT2D eigenvalue weighted by atomic mass is 32.2. The SMILES string of the molecule is CCCN1C(=O)/C(=C2\SC(=S)N(Cc3ccccc3)C2=O)c2ccccc21. The number of rotatable bonds is 4. The Morgan fingerprint density at radius 3 is 2.37 bits per heavy atom. The van der Waals surface area contributed by atoms with E-state index >= 15 is 0 Å². The van der Waals surface area contributed by atoms with E-state index in [4.69, 9.17) is 12.2 Å². The standard InChI is InChI=1S/C21H18N2O2S2/c1-2-12-22-16-11-7-6-10-15(16)17(19(22)24)18-20(25)23(21(26)27-18)13-14-8-4-3-5-9-14/h3-11H,2,12-13H2,1H3/b18-17-. The number of thiocarbonyl (C=S) groups is 1. The van der Waals surface area contributed by atoms with Crippen LogP contribution in [0.1, 0.15) is 24.5 Å². The van der Waals surface area contributed by atoms with Gasteiger partial charge in [-0.25, -0.2) is 0 Å². The molecule has 0 unspecified atom stereocenters. The van der Waals surface area contributed by atoms with Gasteiger partial charge in [-0.3, -0.25) is 14.5 Å². The van der Waals surface area contributed by atoms with Gasteiger partial charge in [0.1, 0.15) is 4.32 Å². The monoisotopic (exact) mass is 394 g/mol. The number of fused-ring (bicyclic) bond motifs is 1. The molecule has 2 aliphatic heterocycles. The van der Waals surface area contributed by atoms with Crippen molar-refractivity contribution in [2.75, 3.05) is 11.4 Å². The number of nitrogens with zero attached hydrogens (tertiary/aromatic N) is 2. The number of hydrogen-bond donors (Lipinski definition) is 0.